The zero-order chi connectivity index (χ0) is 17.5. The van der Waals surface area contributed by atoms with Gasteiger partial charge in [0.05, 0.1) is 6.04 Å². The summed E-state index contributed by atoms with van der Waals surface area (Å²) >= 11 is 0. The Morgan fingerprint density at radius 3 is 2.62 bits per heavy atom. The van der Waals surface area contributed by atoms with E-state index >= 15 is 0 Å². The first-order valence-corrected chi connectivity index (χ1v) is 8.59. The lowest BCUT2D eigenvalue weighted by Crippen LogP contribution is -2.41. The van der Waals surface area contributed by atoms with Crippen molar-refractivity contribution in [3.63, 3.8) is 0 Å². The summed E-state index contributed by atoms with van der Waals surface area (Å²) in [5.74, 6) is -0.529. The number of aldehydes is 1. The molecule has 2 unspecified atom stereocenters. The van der Waals surface area contributed by atoms with E-state index in [2.05, 4.69) is 5.32 Å². The van der Waals surface area contributed by atoms with Gasteiger partial charge < -0.3 is 15.0 Å². The Kier molecular flexibility index (Phi) is 6.53. The molecule has 2 rings (SSSR count). The van der Waals surface area contributed by atoms with Gasteiger partial charge in [-0.25, -0.2) is 0 Å². The van der Waals surface area contributed by atoms with E-state index in [-0.39, 0.29) is 36.1 Å². The van der Waals surface area contributed by atoms with Crippen LogP contribution < -0.4 is 5.32 Å². The first-order valence-electron chi connectivity index (χ1n) is 8.59. The normalized spacial score (nSPS) is 18.5. The minimum Gasteiger partial charge on any atom is -0.352 e. The third-order valence-electron chi connectivity index (χ3n) is 4.62. The van der Waals surface area contributed by atoms with Crippen molar-refractivity contribution in [1.82, 2.24) is 10.2 Å². The van der Waals surface area contributed by atoms with Gasteiger partial charge in [0.1, 0.15) is 6.29 Å². The second-order valence-corrected chi connectivity index (χ2v) is 6.69. The van der Waals surface area contributed by atoms with Crippen molar-refractivity contribution in [2.45, 2.75) is 45.7 Å². The summed E-state index contributed by atoms with van der Waals surface area (Å²) in [7, 11) is 0. The van der Waals surface area contributed by atoms with Crippen LogP contribution in [0.4, 0.5) is 0 Å². The molecule has 5 heteroatoms. The highest BCUT2D eigenvalue weighted by atomic mass is 16.2. The average molecular weight is 330 g/mol. The number of carbonyl (C=O) groups excluding carboxylic acids is 3. The molecule has 1 N–H and O–H groups in total. The number of hydrogen-bond donors (Lipinski definition) is 1. The molecule has 24 heavy (non-hydrogen) atoms. The zero-order valence-electron chi connectivity index (χ0n) is 14.4. The summed E-state index contributed by atoms with van der Waals surface area (Å²) in [6.45, 7) is 4.96. The molecule has 2 atom stereocenters. The molecule has 2 amide bonds. The molecule has 1 fully saturated rings. The molecule has 5 nitrogen and oxygen atoms in total. The summed E-state index contributed by atoms with van der Waals surface area (Å²) in [5, 5.41) is 2.92. The minimum absolute atomic E-state index is 0.0574. The van der Waals surface area contributed by atoms with Gasteiger partial charge in [-0.3, -0.25) is 9.59 Å². The van der Waals surface area contributed by atoms with Gasteiger partial charge in [-0.1, -0.05) is 44.2 Å². The largest absolute Gasteiger partial charge is 0.352 e. The SMILES string of the molecule is CC(C)C(CC(=O)N1CCCC1C=O)C(=O)NCc1ccccc1. The fourth-order valence-electron chi connectivity index (χ4n) is 3.10. The number of hydrogen-bond acceptors (Lipinski definition) is 3. The molecule has 0 bridgehead atoms. The third kappa shape index (κ3) is 4.66. The number of likely N-dealkylation sites (tertiary alicyclic amines) is 1. The van der Waals surface area contributed by atoms with Gasteiger partial charge in [0.15, 0.2) is 0 Å². The Bertz CT molecular complexity index is 571. The maximum Gasteiger partial charge on any atom is 0.224 e. The fourth-order valence-corrected chi connectivity index (χ4v) is 3.10. The molecule has 1 saturated heterocycles. The van der Waals surface area contributed by atoms with Crippen LogP contribution in [0.1, 0.15) is 38.7 Å². The maximum atomic E-state index is 12.5. The van der Waals surface area contributed by atoms with Gasteiger partial charge in [-0.2, -0.15) is 0 Å². The Morgan fingerprint density at radius 1 is 1.29 bits per heavy atom. The van der Waals surface area contributed by atoms with E-state index in [1.807, 2.05) is 44.2 Å². The summed E-state index contributed by atoms with van der Waals surface area (Å²) in [6, 6.07) is 9.37. The predicted molar refractivity (Wildman–Crippen MR) is 92.0 cm³/mol. The van der Waals surface area contributed by atoms with Gasteiger partial charge in [-0.05, 0) is 24.3 Å². The lowest BCUT2D eigenvalue weighted by atomic mass is 9.91. The molecular weight excluding hydrogens is 304 g/mol. The highest BCUT2D eigenvalue weighted by molar-refractivity contribution is 5.87. The Labute approximate surface area is 143 Å². The van der Waals surface area contributed by atoms with Crippen molar-refractivity contribution in [2.24, 2.45) is 11.8 Å². The highest BCUT2D eigenvalue weighted by Crippen LogP contribution is 2.22. The summed E-state index contributed by atoms with van der Waals surface area (Å²) < 4.78 is 0. The third-order valence-corrected chi connectivity index (χ3v) is 4.62. The standard InChI is InChI=1S/C19H26N2O3/c1-14(2)17(11-18(23)21-10-6-9-16(21)13-22)19(24)20-12-15-7-4-3-5-8-15/h3-5,7-8,13-14,16-17H,6,9-12H2,1-2H3,(H,20,24). The molecule has 0 spiro atoms. The molecule has 1 aromatic rings. The van der Waals surface area contributed by atoms with E-state index in [0.29, 0.717) is 13.1 Å². The van der Waals surface area contributed by atoms with Crippen LogP contribution in [0.2, 0.25) is 0 Å². The number of amides is 2. The van der Waals surface area contributed by atoms with E-state index in [1.54, 1.807) is 4.90 Å². The number of carbonyl (C=O) groups is 3. The van der Waals surface area contributed by atoms with Gasteiger partial charge in [0.25, 0.3) is 0 Å². The van der Waals surface area contributed by atoms with Crippen molar-refractivity contribution in [3.05, 3.63) is 35.9 Å². The van der Waals surface area contributed by atoms with Crippen LogP contribution in [0, 0.1) is 11.8 Å². The molecule has 0 aromatic heterocycles. The fraction of sp³-hybridized carbons (Fsp3) is 0.526. The molecule has 1 aliphatic heterocycles. The molecule has 1 aliphatic rings. The number of nitrogens with one attached hydrogen (secondary N) is 1. The minimum atomic E-state index is -0.380. The second kappa shape index (κ2) is 8.62. The first kappa shape index (κ1) is 18.2. The Hall–Kier alpha value is -2.17. The smallest absolute Gasteiger partial charge is 0.224 e. The Morgan fingerprint density at radius 2 is 2.00 bits per heavy atom. The number of rotatable bonds is 7. The van der Waals surface area contributed by atoms with Gasteiger partial charge in [0.2, 0.25) is 11.8 Å². The van der Waals surface area contributed by atoms with Crippen molar-refractivity contribution in [1.29, 1.82) is 0 Å². The molecule has 130 valence electrons. The topological polar surface area (TPSA) is 66.5 Å². The van der Waals surface area contributed by atoms with Crippen LogP contribution >= 0.6 is 0 Å². The molecule has 0 aliphatic carbocycles. The molecule has 0 radical (unpaired) electrons. The van der Waals surface area contributed by atoms with E-state index in [1.165, 1.54) is 0 Å². The van der Waals surface area contributed by atoms with Crippen molar-refractivity contribution in [3.8, 4) is 0 Å². The number of benzene rings is 1. The van der Waals surface area contributed by atoms with E-state index in [0.717, 1.165) is 24.7 Å². The van der Waals surface area contributed by atoms with Crippen LogP contribution in [0.25, 0.3) is 0 Å². The summed E-state index contributed by atoms with van der Waals surface area (Å²) in [4.78, 5) is 37.7. The van der Waals surface area contributed by atoms with Gasteiger partial charge in [-0.15, -0.1) is 0 Å². The average Bonchev–Trinajstić information content (AvgIpc) is 3.06. The van der Waals surface area contributed by atoms with Crippen LogP contribution in [-0.2, 0) is 20.9 Å². The van der Waals surface area contributed by atoms with Crippen LogP contribution in [0.15, 0.2) is 30.3 Å². The van der Waals surface area contributed by atoms with Crippen LogP contribution in [0.5, 0.6) is 0 Å². The maximum absolute atomic E-state index is 12.5. The van der Waals surface area contributed by atoms with Gasteiger partial charge >= 0.3 is 0 Å². The van der Waals surface area contributed by atoms with E-state index in [4.69, 9.17) is 0 Å². The van der Waals surface area contributed by atoms with Crippen molar-refractivity contribution in [2.75, 3.05) is 6.54 Å². The van der Waals surface area contributed by atoms with Crippen LogP contribution in [-0.4, -0.2) is 35.6 Å². The van der Waals surface area contributed by atoms with Gasteiger partial charge in [0, 0.05) is 25.4 Å². The lowest BCUT2D eigenvalue weighted by Gasteiger charge is -2.25. The molecule has 0 saturated carbocycles. The first-order chi connectivity index (χ1) is 11.5. The monoisotopic (exact) mass is 330 g/mol. The predicted octanol–water partition coefficient (Wildman–Crippen LogP) is 2.15. The Balaban J connectivity index is 1.94. The number of nitrogens with zero attached hydrogens (tertiary/aromatic N) is 1. The quantitative estimate of drug-likeness (QED) is 0.779. The lowest BCUT2D eigenvalue weighted by molar-refractivity contribution is -0.139. The van der Waals surface area contributed by atoms with Crippen LogP contribution in [0.3, 0.4) is 0 Å². The zero-order valence-corrected chi connectivity index (χ0v) is 14.4. The summed E-state index contributed by atoms with van der Waals surface area (Å²) in [5.41, 5.74) is 1.03. The van der Waals surface area contributed by atoms with Crippen molar-refractivity contribution < 1.29 is 14.4 Å². The van der Waals surface area contributed by atoms with E-state index in [9.17, 15) is 14.4 Å². The van der Waals surface area contributed by atoms with Crippen molar-refractivity contribution >= 4 is 18.1 Å². The molecule has 1 heterocycles. The van der Waals surface area contributed by atoms with E-state index < -0.39 is 0 Å². The molecular formula is C19H26N2O3. The molecule has 1 aromatic carbocycles. The second-order valence-electron chi connectivity index (χ2n) is 6.69. The highest BCUT2D eigenvalue weighted by Gasteiger charge is 2.32. The summed E-state index contributed by atoms with van der Waals surface area (Å²) in [6.07, 6.45) is 2.57.